The molecule has 10 nitrogen and oxygen atoms in total. The number of amides is 1. The number of fused-ring (bicyclic) bond motifs is 1. The van der Waals surface area contributed by atoms with Gasteiger partial charge in [0.15, 0.2) is 5.69 Å². The van der Waals surface area contributed by atoms with Gasteiger partial charge in [-0.05, 0) is 69.5 Å². The zero-order valence-corrected chi connectivity index (χ0v) is 24.1. The van der Waals surface area contributed by atoms with Crippen molar-refractivity contribution in [1.82, 2.24) is 25.2 Å². The second-order valence-corrected chi connectivity index (χ2v) is 11.1. The van der Waals surface area contributed by atoms with E-state index in [0.717, 1.165) is 62.7 Å². The van der Waals surface area contributed by atoms with Gasteiger partial charge in [0.05, 0.1) is 11.5 Å². The summed E-state index contributed by atoms with van der Waals surface area (Å²) in [5, 5.41) is 15.6. The van der Waals surface area contributed by atoms with Crippen LogP contribution in [0.15, 0.2) is 24.7 Å². The number of methoxy groups -OCH3 is 1. The Morgan fingerprint density at radius 3 is 2.70 bits per heavy atom. The molecule has 4 rings (SSSR count). The van der Waals surface area contributed by atoms with Crippen molar-refractivity contribution in [2.75, 3.05) is 45.3 Å². The van der Waals surface area contributed by atoms with E-state index in [1.807, 2.05) is 11.0 Å². The molecule has 2 aromatic rings. The first-order valence-electron chi connectivity index (χ1n) is 14.5. The van der Waals surface area contributed by atoms with Crippen LogP contribution in [0.5, 0.6) is 0 Å². The standard InChI is InChI=1S/C29H38F4N6O4/c1-43-21(15-30)17-39(13-3-2-6-20-8-7-19-5-4-12-35-25(19)37-20)14-9-23(26(40)41)38-27(42)28(10-11-28)22-16-34-18-36-24(22)29(31,32)33/h7-8,16,18,21,23H,2-6,9-15,17H2,1H3,(H,35,37)(H,38,42)(H,40,41)/t21-,23+/m1/s1. The number of rotatable bonds is 16. The number of carboxylic acid groups (broad SMARTS) is 1. The summed E-state index contributed by atoms with van der Waals surface area (Å²) < 4.78 is 59.3. The number of pyridine rings is 1. The molecular weight excluding hydrogens is 572 g/mol. The van der Waals surface area contributed by atoms with Crippen LogP contribution < -0.4 is 10.6 Å². The molecule has 43 heavy (non-hydrogen) atoms. The highest BCUT2D eigenvalue weighted by molar-refractivity contribution is 5.94. The first kappa shape index (κ1) is 32.5. The third-order valence-electron chi connectivity index (χ3n) is 8.09. The Balaban J connectivity index is 1.35. The van der Waals surface area contributed by atoms with E-state index in [9.17, 15) is 32.3 Å². The van der Waals surface area contributed by atoms with E-state index in [2.05, 4.69) is 26.7 Å². The number of nitrogens with zero attached hydrogens (tertiary/aromatic N) is 4. The maximum absolute atomic E-state index is 13.6. The Bertz CT molecular complexity index is 1260. The number of halogens is 4. The third kappa shape index (κ3) is 8.37. The fourth-order valence-electron chi connectivity index (χ4n) is 5.43. The molecule has 3 N–H and O–H groups in total. The van der Waals surface area contributed by atoms with Gasteiger partial charge in [-0.2, -0.15) is 13.2 Å². The highest BCUT2D eigenvalue weighted by Gasteiger charge is 2.56. The molecular formula is C29H38F4N6O4. The molecule has 2 aliphatic rings. The van der Waals surface area contributed by atoms with E-state index in [-0.39, 0.29) is 37.9 Å². The highest BCUT2D eigenvalue weighted by atomic mass is 19.4. The van der Waals surface area contributed by atoms with Gasteiger partial charge in [0.1, 0.15) is 24.9 Å². The van der Waals surface area contributed by atoms with Crippen LogP contribution in [0.2, 0.25) is 0 Å². The SMILES string of the molecule is CO[C@H](CF)CN(CCCCc1ccc2c(n1)NCCC2)CC[C@H](NC(=O)C1(c2cncnc2C(F)(F)F)CC1)C(=O)O. The summed E-state index contributed by atoms with van der Waals surface area (Å²) in [7, 11) is 1.40. The molecule has 0 aromatic carbocycles. The number of hydrogen-bond donors (Lipinski definition) is 3. The molecule has 2 atom stereocenters. The summed E-state index contributed by atoms with van der Waals surface area (Å²) in [6.07, 6.45) is 0.819. The van der Waals surface area contributed by atoms with Crippen LogP contribution in [0.3, 0.4) is 0 Å². The number of aliphatic carboxylic acids is 1. The minimum absolute atomic E-state index is 0.0324. The quantitative estimate of drug-likeness (QED) is 0.193. The van der Waals surface area contributed by atoms with E-state index in [1.165, 1.54) is 12.7 Å². The average Bonchev–Trinajstić information content (AvgIpc) is 3.81. The number of ether oxygens (including phenoxy) is 1. The first-order valence-corrected chi connectivity index (χ1v) is 14.5. The van der Waals surface area contributed by atoms with Gasteiger partial charge < -0.3 is 25.4 Å². The zero-order chi connectivity index (χ0) is 31.0. The minimum atomic E-state index is -4.79. The van der Waals surface area contributed by atoms with E-state index in [1.54, 1.807) is 0 Å². The Labute approximate surface area is 247 Å². The highest BCUT2D eigenvalue weighted by Crippen LogP contribution is 2.51. The molecule has 1 aliphatic heterocycles. The Morgan fingerprint density at radius 2 is 2.02 bits per heavy atom. The zero-order valence-electron chi connectivity index (χ0n) is 24.1. The van der Waals surface area contributed by atoms with Crippen LogP contribution in [0.4, 0.5) is 23.4 Å². The van der Waals surface area contributed by atoms with Gasteiger partial charge in [0.25, 0.3) is 0 Å². The Kier molecular flexibility index (Phi) is 10.9. The molecule has 236 valence electrons. The lowest BCUT2D eigenvalue weighted by molar-refractivity contribution is -0.144. The fraction of sp³-hybridized carbons (Fsp3) is 0.621. The van der Waals surface area contributed by atoms with Crippen LogP contribution in [-0.2, 0) is 38.8 Å². The molecule has 1 fully saturated rings. The van der Waals surface area contributed by atoms with Crippen molar-refractivity contribution in [3.8, 4) is 0 Å². The topological polar surface area (TPSA) is 130 Å². The van der Waals surface area contributed by atoms with E-state index < -0.39 is 48.0 Å². The maximum atomic E-state index is 13.6. The summed E-state index contributed by atoms with van der Waals surface area (Å²) >= 11 is 0. The van der Waals surface area contributed by atoms with E-state index >= 15 is 0 Å². The molecule has 0 unspecified atom stereocenters. The second kappa shape index (κ2) is 14.4. The van der Waals surface area contributed by atoms with Crippen molar-refractivity contribution in [2.24, 2.45) is 0 Å². The summed E-state index contributed by atoms with van der Waals surface area (Å²) in [6, 6.07) is 2.77. The molecule has 0 bridgehead atoms. The molecule has 2 aromatic heterocycles. The number of carbonyl (C=O) groups excluding carboxylic acids is 1. The second-order valence-electron chi connectivity index (χ2n) is 11.1. The molecule has 1 amide bonds. The average molecular weight is 611 g/mol. The summed E-state index contributed by atoms with van der Waals surface area (Å²) in [5.41, 5.74) is -0.913. The molecule has 1 aliphatic carbocycles. The normalized spacial score (nSPS) is 17.1. The van der Waals surface area contributed by atoms with Crippen molar-refractivity contribution < 1.29 is 37.0 Å². The molecule has 0 radical (unpaired) electrons. The largest absolute Gasteiger partial charge is 0.480 e. The predicted molar refractivity (Wildman–Crippen MR) is 149 cm³/mol. The van der Waals surface area contributed by atoms with Gasteiger partial charge in [-0.1, -0.05) is 6.07 Å². The molecule has 0 spiro atoms. The van der Waals surface area contributed by atoms with Gasteiger partial charge >= 0.3 is 12.1 Å². The van der Waals surface area contributed by atoms with E-state index in [4.69, 9.17) is 9.72 Å². The minimum Gasteiger partial charge on any atom is -0.480 e. The Morgan fingerprint density at radius 1 is 1.23 bits per heavy atom. The summed E-state index contributed by atoms with van der Waals surface area (Å²) in [4.78, 5) is 38.9. The summed E-state index contributed by atoms with van der Waals surface area (Å²) in [6.45, 7) is 1.13. The smallest absolute Gasteiger partial charge is 0.433 e. The van der Waals surface area contributed by atoms with Gasteiger partial charge in [0.2, 0.25) is 5.91 Å². The van der Waals surface area contributed by atoms with Gasteiger partial charge in [0, 0.05) is 44.2 Å². The number of anilines is 1. The van der Waals surface area contributed by atoms with Crippen LogP contribution >= 0.6 is 0 Å². The van der Waals surface area contributed by atoms with Crippen LogP contribution in [0.25, 0.3) is 0 Å². The number of alkyl halides is 4. The number of aryl methyl sites for hydroxylation is 2. The molecule has 3 heterocycles. The fourth-order valence-corrected chi connectivity index (χ4v) is 5.43. The molecule has 0 saturated heterocycles. The number of unbranched alkanes of at least 4 members (excludes halogenated alkanes) is 1. The predicted octanol–water partition coefficient (Wildman–Crippen LogP) is 3.55. The lowest BCUT2D eigenvalue weighted by Crippen LogP contribution is -2.48. The van der Waals surface area contributed by atoms with Crippen molar-refractivity contribution in [2.45, 2.75) is 75.1 Å². The molecule has 14 heteroatoms. The van der Waals surface area contributed by atoms with E-state index in [0.29, 0.717) is 6.54 Å². The van der Waals surface area contributed by atoms with Crippen molar-refractivity contribution >= 4 is 17.7 Å². The number of nitrogens with one attached hydrogen (secondary N) is 2. The van der Waals surface area contributed by atoms with Crippen molar-refractivity contribution in [3.63, 3.8) is 0 Å². The van der Waals surface area contributed by atoms with Gasteiger partial charge in [-0.3, -0.25) is 4.79 Å². The van der Waals surface area contributed by atoms with Crippen LogP contribution in [0.1, 0.15) is 61.0 Å². The van der Waals surface area contributed by atoms with Crippen molar-refractivity contribution in [3.05, 3.63) is 47.2 Å². The Hall–Kier alpha value is -3.39. The lowest BCUT2D eigenvalue weighted by atomic mass is 9.93. The van der Waals surface area contributed by atoms with Crippen LogP contribution in [-0.4, -0.2) is 88.9 Å². The number of hydrogen-bond acceptors (Lipinski definition) is 8. The first-order chi connectivity index (χ1) is 20.6. The third-order valence-corrected chi connectivity index (χ3v) is 8.09. The number of carbonyl (C=O) groups is 2. The molecule has 1 saturated carbocycles. The van der Waals surface area contributed by atoms with Gasteiger partial charge in [-0.15, -0.1) is 0 Å². The number of aromatic nitrogens is 3. The summed E-state index contributed by atoms with van der Waals surface area (Å²) in [5.74, 6) is -1.19. The maximum Gasteiger partial charge on any atom is 0.433 e. The van der Waals surface area contributed by atoms with Crippen molar-refractivity contribution in [1.29, 1.82) is 0 Å². The van der Waals surface area contributed by atoms with Crippen LogP contribution in [0, 0.1) is 0 Å². The monoisotopic (exact) mass is 610 g/mol. The lowest BCUT2D eigenvalue weighted by Gasteiger charge is -2.28. The van der Waals surface area contributed by atoms with Gasteiger partial charge in [-0.25, -0.2) is 24.1 Å². The number of carboxylic acids is 1.